The van der Waals surface area contributed by atoms with Crippen LogP contribution in [0.1, 0.15) is 31.7 Å². The molecular weight excluding hydrogens is 210 g/mol. The van der Waals surface area contributed by atoms with Crippen molar-refractivity contribution < 1.29 is 0 Å². The molecule has 0 unspecified atom stereocenters. The second kappa shape index (κ2) is 6.01. The van der Waals surface area contributed by atoms with E-state index in [-0.39, 0.29) is 0 Å². The summed E-state index contributed by atoms with van der Waals surface area (Å²) in [7, 11) is 0. The van der Waals surface area contributed by atoms with Crippen molar-refractivity contribution in [3.05, 3.63) is 30.6 Å². The third-order valence-electron chi connectivity index (χ3n) is 3.63. The Kier molecular flexibility index (Phi) is 4.37. The highest BCUT2D eigenvalue weighted by Crippen LogP contribution is 2.17. The highest BCUT2D eigenvalue weighted by atomic mass is 15.3. The molecule has 3 nitrogen and oxygen atoms in total. The van der Waals surface area contributed by atoms with Crippen molar-refractivity contribution in [1.29, 1.82) is 0 Å². The molecule has 1 atom stereocenters. The van der Waals surface area contributed by atoms with E-state index in [0.717, 1.165) is 19.5 Å². The first kappa shape index (κ1) is 12.4. The smallest absolute Gasteiger partial charge is 0.0522 e. The standard InChI is InChI=1S/C14H23N3/c1-3-14-7-5-6-9-16(14)10-8-13-11-15-17(4-2)12-13/h3,11-12,14H,1,4-10H2,2H3/t14-/m1/s1. The maximum atomic E-state index is 4.32. The molecule has 1 aliphatic heterocycles. The Bertz CT molecular complexity index is 356. The van der Waals surface area contributed by atoms with E-state index in [0.29, 0.717) is 6.04 Å². The van der Waals surface area contributed by atoms with Gasteiger partial charge in [-0.2, -0.15) is 5.10 Å². The molecule has 0 spiro atoms. The lowest BCUT2D eigenvalue weighted by atomic mass is 10.0. The predicted octanol–water partition coefficient (Wildman–Crippen LogP) is 2.49. The summed E-state index contributed by atoms with van der Waals surface area (Å²) in [6.45, 7) is 9.38. The lowest BCUT2D eigenvalue weighted by Gasteiger charge is -2.33. The molecule has 1 fully saturated rings. The molecule has 0 aromatic carbocycles. The van der Waals surface area contributed by atoms with E-state index in [1.54, 1.807) is 0 Å². The van der Waals surface area contributed by atoms with Crippen LogP contribution in [0.25, 0.3) is 0 Å². The minimum absolute atomic E-state index is 0.588. The van der Waals surface area contributed by atoms with Crippen LogP contribution < -0.4 is 0 Å². The zero-order valence-corrected chi connectivity index (χ0v) is 10.8. The molecule has 94 valence electrons. The van der Waals surface area contributed by atoms with E-state index in [4.69, 9.17) is 0 Å². The molecule has 0 radical (unpaired) electrons. The van der Waals surface area contributed by atoms with E-state index < -0.39 is 0 Å². The highest BCUT2D eigenvalue weighted by molar-refractivity contribution is 5.05. The van der Waals surface area contributed by atoms with Crippen molar-refractivity contribution in [1.82, 2.24) is 14.7 Å². The van der Waals surface area contributed by atoms with Crippen LogP contribution in [-0.4, -0.2) is 33.8 Å². The molecule has 3 heteroatoms. The van der Waals surface area contributed by atoms with Gasteiger partial charge >= 0.3 is 0 Å². The Balaban J connectivity index is 1.85. The number of hydrogen-bond acceptors (Lipinski definition) is 2. The molecular formula is C14H23N3. The SMILES string of the molecule is C=C[C@@H]1CCCCN1CCc1cnn(CC)c1. The van der Waals surface area contributed by atoms with Gasteiger partial charge in [0.25, 0.3) is 0 Å². The largest absolute Gasteiger partial charge is 0.297 e. The molecule has 1 saturated heterocycles. The minimum Gasteiger partial charge on any atom is -0.297 e. The van der Waals surface area contributed by atoms with Crippen LogP contribution in [0.4, 0.5) is 0 Å². The van der Waals surface area contributed by atoms with Gasteiger partial charge in [-0.25, -0.2) is 0 Å². The Morgan fingerprint density at radius 1 is 1.53 bits per heavy atom. The van der Waals surface area contributed by atoms with Crippen LogP contribution >= 0.6 is 0 Å². The molecule has 1 aromatic heterocycles. The molecule has 0 saturated carbocycles. The second-order valence-corrected chi connectivity index (χ2v) is 4.79. The lowest BCUT2D eigenvalue weighted by molar-refractivity contribution is 0.182. The van der Waals surface area contributed by atoms with Crippen molar-refractivity contribution in [3.63, 3.8) is 0 Å². The first-order valence-corrected chi connectivity index (χ1v) is 6.71. The summed E-state index contributed by atoms with van der Waals surface area (Å²) in [5.41, 5.74) is 1.35. The van der Waals surface area contributed by atoms with Crippen molar-refractivity contribution in [3.8, 4) is 0 Å². The number of nitrogens with zero attached hydrogens (tertiary/aromatic N) is 3. The van der Waals surface area contributed by atoms with Crippen LogP contribution in [0.2, 0.25) is 0 Å². The van der Waals surface area contributed by atoms with Crippen LogP contribution in [0.3, 0.4) is 0 Å². The van der Waals surface area contributed by atoms with Crippen molar-refractivity contribution in [2.45, 2.75) is 45.2 Å². The maximum Gasteiger partial charge on any atom is 0.0522 e. The van der Waals surface area contributed by atoms with Gasteiger partial charge in [-0.3, -0.25) is 9.58 Å². The summed E-state index contributed by atoms with van der Waals surface area (Å²) in [5.74, 6) is 0. The number of rotatable bonds is 5. The van der Waals surface area contributed by atoms with E-state index >= 15 is 0 Å². The molecule has 1 aliphatic rings. The topological polar surface area (TPSA) is 21.1 Å². The van der Waals surface area contributed by atoms with Gasteiger partial charge in [-0.1, -0.05) is 12.5 Å². The maximum absolute atomic E-state index is 4.32. The number of aryl methyl sites for hydroxylation is 1. The summed E-state index contributed by atoms with van der Waals surface area (Å²) in [6, 6.07) is 0.588. The van der Waals surface area contributed by atoms with Crippen LogP contribution in [0.15, 0.2) is 25.0 Å². The normalized spacial score (nSPS) is 21.6. The van der Waals surface area contributed by atoms with Gasteiger partial charge in [0.2, 0.25) is 0 Å². The van der Waals surface area contributed by atoms with Crippen molar-refractivity contribution >= 4 is 0 Å². The summed E-state index contributed by atoms with van der Waals surface area (Å²) >= 11 is 0. The monoisotopic (exact) mass is 233 g/mol. The van der Waals surface area contributed by atoms with Crippen LogP contribution in [-0.2, 0) is 13.0 Å². The molecule has 17 heavy (non-hydrogen) atoms. The zero-order chi connectivity index (χ0) is 12.1. The molecule has 0 amide bonds. The number of hydrogen-bond donors (Lipinski definition) is 0. The Hall–Kier alpha value is -1.09. The summed E-state index contributed by atoms with van der Waals surface area (Å²) < 4.78 is 2.00. The van der Waals surface area contributed by atoms with Crippen molar-refractivity contribution in [2.75, 3.05) is 13.1 Å². The van der Waals surface area contributed by atoms with Gasteiger partial charge < -0.3 is 0 Å². The molecule has 0 bridgehead atoms. The fraction of sp³-hybridized carbons (Fsp3) is 0.643. The first-order valence-electron chi connectivity index (χ1n) is 6.71. The van der Waals surface area contributed by atoms with Gasteiger partial charge in [0.05, 0.1) is 6.20 Å². The predicted molar refractivity (Wildman–Crippen MR) is 71.0 cm³/mol. The fourth-order valence-corrected chi connectivity index (χ4v) is 2.54. The number of aromatic nitrogens is 2. The van der Waals surface area contributed by atoms with Gasteiger partial charge in [0, 0.05) is 25.3 Å². The Morgan fingerprint density at radius 2 is 2.41 bits per heavy atom. The molecule has 2 rings (SSSR count). The fourth-order valence-electron chi connectivity index (χ4n) is 2.54. The van der Waals surface area contributed by atoms with E-state index in [1.807, 2.05) is 10.9 Å². The number of piperidine rings is 1. The summed E-state index contributed by atoms with van der Waals surface area (Å²) in [4.78, 5) is 2.56. The van der Waals surface area contributed by atoms with E-state index in [1.165, 1.54) is 31.4 Å². The Labute approximate surface area is 104 Å². The number of likely N-dealkylation sites (tertiary alicyclic amines) is 1. The van der Waals surface area contributed by atoms with Gasteiger partial charge in [-0.15, -0.1) is 6.58 Å². The zero-order valence-electron chi connectivity index (χ0n) is 10.8. The van der Waals surface area contributed by atoms with Crippen molar-refractivity contribution in [2.24, 2.45) is 0 Å². The van der Waals surface area contributed by atoms with Gasteiger partial charge in [0.15, 0.2) is 0 Å². The minimum atomic E-state index is 0.588. The summed E-state index contributed by atoms with van der Waals surface area (Å²) in [6.07, 6.45) is 11.3. The van der Waals surface area contributed by atoms with E-state index in [9.17, 15) is 0 Å². The second-order valence-electron chi connectivity index (χ2n) is 4.79. The van der Waals surface area contributed by atoms with Gasteiger partial charge in [0.1, 0.15) is 0 Å². The molecule has 0 N–H and O–H groups in total. The quantitative estimate of drug-likeness (QED) is 0.729. The van der Waals surface area contributed by atoms with E-state index in [2.05, 4.69) is 35.8 Å². The Morgan fingerprint density at radius 3 is 3.12 bits per heavy atom. The molecule has 0 aliphatic carbocycles. The average Bonchev–Trinajstić information content (AvgIpc) is 2.84. The summed E-state index contributed by atoms with van der Waals surface area (Å²) in [5, 5.41) is 4.32. The highest BCUT2D eigenvalue weighted by Gasteiger charge is 2.18. The molecule has 1 aromatic rings. The van der Waals surface area contributed by atoms with Crippen LogP contribution in [0.5, 0.6) is 0 Å². The van der Waals surface area contributed by atoms with Crippen LogP contribution in [0, 0.1) is 0 Å². The molecule has 2 heterocycles. The average molecular weight is 233 g/mol. The lowest BCUT2D eigenvalue weighted by Crippen LogP contribution is -2.39. The third-order valence-corrected chi connectivity index (χ3v) is 3.63. The van der Waals surface area contributed by atoms with Gasteiger partial charge in [-0.05, 0) is 38.3 Å². The third kappa shape index (κ3) is 3.19. The first-order chi connectivity index (χ1) is 8.33.